The van der Waals surface area contributed by atoms with Crippen LogP contribution in [0.25, 0.3) is 0 Å². The molecule has 1 aromatic rings. The fourth-order valence-corrected chi connectivity index (χ4v) is 3.88. The van der Waals surface area contributed by atoms with E-state index >= 15 is 0 Å². The Labute approximate surface area is 188 Å². The normalized spacial score (nSPS) is 17.9. The molecule has 1 fully saturated rings. The van der Waals surface area contributed by atoms with Crippen LogP contribution >= 0.6 is 24.0 Å². The van der Waals surface area contributed by atoms with Gasteiger partial charge in [0, 0.05) is 33.2 Å². The van der Waals surface area contributed by atoms with Crippen LogP contribution in [-0.4, -0.2) is 57.7 Å². The van der Waals surface area contributed by atoms with Gasteiger partial charge in [-0.2, -0.15) is 0 Å². The highest BCUT2D eigenvalue weighted by Crippen LogP contribution is 2.20. The SMILES string of the molecule is CN=C(NCCc1cc(C)ccc1OC)NCC1CCCN(CC(C)C)C1.I. The van der Waals surface area contributed by atoms with Crippen molar-refractivity contribution in [3.8, 4) is 5.75 Å². The van der Waals surface area contributed by atoms with E-state index in [1.54, 1.807) is 7.11 Å². The lowest BCUT2D eigenvalue weighted by Gasteiger charge is -2.34. The van der Waals surface area contributed by atoms with Gasteiger partial charge in [-0.15, -0.1) is 24.0 Å². The Morgan fingerprint density at radius 2 is 2.11 bits per heavy atom. The summed E-state index contributed by atoms with van der Waals surface area (Å²) in [5.41, 5.74) is 2.49. The average molecular weight is 502 g/mol. The predicted molar refractivity (Wildman–Crippen MR) is 130 cm³/mol. The Bertz CT molecular complexity index is 606. The third-order valence-electron chi connectivity index (χ3n) is 5.13. The molecule has 2 rings (SSSR count). The maximum atomic E-state index is 5.47. The zero-order chi connectivity index (χ0) is 19.6. The van der Waals surface area contributed by atoms with Crippen molar-refractivity contribution in [3.63, 3.8) is 0 Å². The number of ether oxygens (including phenoxy) is 1. The molecule has 0 spiro atoms. The molecule has 1 unspecified atom stereocenters. The van der Waals surface area contributed by atoms with Gasteiger partial charge < -0.3 is 20.3 Å². The Balaban J connectivity index is 0.00000392. The first-order valence-electron chi connectivity index (χ1n) is 10.3. The molecule has 0 radical (unpaired) electrons. The van der Waals surface area contributed by atoms with E-state index in [-0.39, 0.29) is 24.0 Å². The lowest BCUT2D eigenvalue weighted by molar-refractivity contribution is 0.159. The first-order valence-corrected chi connectivity index (χ1v) is 10.3. The number of hydrogen-bond acceptors (Lipinski definition) is 3. The second-order valence-electron chi connectivity index (χ2n) is 8.11. The summed E-state index contributed by atoms with van der Waals surface area (Å²) >= 11 is 0. The molecule has 0 bridgehead atoms. The second-order valence-corrected chi connectivity index (χ2v) is 8.11. The van der Waals surface area contributed by atoms with Crippen molar-refractivity contribution in [2.75, 3.05) is 46.9 Å². The van der Waals surface area contributed by atoms with Crippen molar-refractivity contribution >= 4 is 29.9 Å². The van der Waals surface area contributed by atoms with Gasteiger partial charge in [0.1, 0.15) is 5.75 Å². The Kier molecular flexibility index (Phi) is 11.8. The van der Waals surface area contributed by atoms with Crippen LogP contribution in [0.15, 0.2) is 23.2 Å². The molecule has 0 aliphatic carbocycles. The molecular weight excluding hydrogens is 463 g/mol. The van der Waals surface area contributed by atoms with Gasteiger partial charge in [-0.05, 0) is 56.2 Å². The summed E-state index contributed by atoms with van der Waals surface area (Å²) in [5.74, 6) is 3.29. The Morgan fingerprint density at radius 1 is 1.32 bits per heavy atom. The predicted octanol–water partition coefficient (Wildman–Crippen LogP) is 3.70. The number of piperidine rings is 1. The number of hydrogen-bond donors (Lipinski definition) is 2. The highest BCUT2D eigenvalue weighted by atomic mass is 127. The molecule has 0 saturated carbocycles. The van der Waals surface area contributed by atoms with Gasteiger partial charge in [0.2, 0.25) is 0 Å². The highest BCUT2D eigenvalue weighted by molar-refractivity contribution is 14.0. The van der Waals surface area contributed by atoms with Gasteiger partial charge in [0.05, 0.1) is 7.11 Å². The molecule has 1 saturated heterocycles. The van der Waals surface area contributed by atoms with E-state index in [1.807, 2.05) is 13.1 Å². The number of aryl methyl sites for hydroxylation is 1. The Hall–Kier alpha value is -1.02. The topological polar surface area (TPSA) is 48.9 Å². The quantitative estimate of drug-likeness (QED) is 0.324. The van der Waals surface area contributed by atoms with Crippen molar-refractivity contribution in [3.05, 3.63) is 29.3 Å². The number of nitrogens with one attached hydrogen (secondary N) is 2. The summed E-state index contributed by atoms with van der Waals surface area (Å²) in [6.45, 7) is 12.2. The van der Waals surface area contributed by atoms with Gasteiger partial charge in [-0.1, -0.05) is 31.5 Å². The lowest BCUT2D eigenvalue weighted by atomic mass is 9.97. The smallest absolute Gasteiger partial charge is 0.190 e. The molecule has 1 aliphatic rings. The number of guanidine groups is 1. The monoisotopic (exact) mass is 502 g/mol. The van der Waals surface area contributed by atoms with E-state index in [0.29, 0.717) is 5.92 Å². The average Bonchev–Trinajstić information content (AvgIpc) is 2.64. The van der Waals surface area contributed by atoms with Crippen LogP contribution in [-0.2, 0) is 6.42 Å². The maximum Gasteiger partial charge on any atom is 0.190 e. The van der Waals surface area contributed by atoms with E-state index in [9.17, 15) is 0 Å². The first kappa shape index (κ1) is 25.0. The molecule has 160 valence electrons. The molecule has 2 N–H and O–H groups in total. The van der Waals surface area contributed by atoms with Crippen LogP contribution in [0, 0.1) is 18.8 Å². The lowest BCUT2D eigenvalue weighted by Crippen LogP contribution is -2.45. The van der Waals surface area contributed by atoms with E-state index in [1.165, 1.54) is 43.6 Å². The van der Waals surface area contributed by atoms with Crippen LogP contribution in [0.5, 0.6) is 5.75 Å². The fraction of sp³-hybridized carbons (Fsp3) is 0.682. The third kappa shape index (κ3) is 8.55. The molecule has 1 aliphatic heterocycles. The van der Waals surface area contributed by atoms with Gasteiger partial charge in [0.15, 0.2) is 5.96 Å². The number of rotatable bonds is 8. The number of benzene rings is 1. The van der Waals surface area contributed by atoms with Crippen molar-refractivity contribution in [2.45, 2.75) is 40.0 Å². The van der Waals surface area contributed by atoms with Crippen molar-refractivity contribution in [2.24, 2.45) is 16.8 Å². The molecule has 5 nitrogen and oxygen atoms in total. The first-order chi connectivity index (χ1) is 13.0. The van der Waals surface area contributed by atoms with E-state index in [2.05, 4.69) is 53.4 Å². The summed E-state index contributed by atoms with van der Waals surface area (Å²) in [4.78, 5) is 6.99. The van der Waals surface area contributed by atoms with Crippen molar-refractivity contribution in [1.29, 1.82) is 0 Å². The standard InChI is InChI=1S/C22H38N4O.HI/c1-17(2)15-26-12-6-7-19(16-26)14-25-22(23-4)24-11-10-20-13-18(3)8-9-21(20)27-5;/h8-9,13,17,19H,6-7,10-12,14-16H2,1-5H3,(H2,23,24,25);1H. The fourth-order valence-electron chi connectivity index (χ4n) is 3.88. The number of aliphatic imine (C=N–C) groups is 1. The van der Waals surface area contributed by atoms with Crippen LogP contribution in [0.1, 0.15) is 37.8 Å². The zero-order valence-electron chi connectivity index (χ0n) is 18.3. The molecule has 1 heterocycles. The van der Waals surface area contributed by atoms with E-state index < -0.39 is 0 Å². The van der Waals surface area contributed by atoms with Gasteiger partial charge in [-0.3, -0.25) is 4.99 Å². The summed E-state index contributed by atoms with van der Waals surface area (Å²) < 4.78 is 5.47. The van der Waals surface area contributed by atoms with E-state index in [4.69, 9.17) is 4.74 Å². The molecule has 6 heteroatoms. The number of nitrogens with zero attached hydrogens (tertiary/aromatic N) is 2. The molecule has 0 aromatic heterocycles. The number of likely N-dealkylation sites (tertiary alicyclic amines) is 1. The number of methoxy groups -OCH3 is 1. The van der Waals surface area contributed by atoms with E-state index in [0.717, 1.165) is 37.1 Å². The highest BCUT2D eigenvalue weighted by Gasteiger charge is 2.20. The van der Waals surface area contributed by atoms with Crippen LogP contribution in [0.2, 0.25) is 0 Å². The minimum Gasteiger partial charge on any atom is -0.496 e. The van der Waals surface area contributed by atoms with Crippen LogP contribution < -0.4 is 15.4 Å². The molecule has 28 heavy (non-hydrogen) atoms. The maximum absolute atomic E-state index is 5.47. The van der Waals surface area contributed by atoms with Crippen LogP contribution in [0.3, 0.4) is 0 Å². The summed E-state index contributed by atoms with van der Waals surface area (Å²) in [6, 6.07) is 6.33. The van der Waals surface area contributed by atoms with Gasteiger partial charge >= 0.3 is 0 Å². The molecule has 1 aromatic carbocycles. The van der Waals surface area contributed by atoms with Gasteiger partial charge in [0.25, 0.3) is 0 Å². The van der Waals surface area contributed by atoms with Gasteiger partial charge in [-0.25, -0.2) is 0 Å². The Morgan fingerprint density at radius 3 is 2.79 bits per heavy atom. The number of halogens is 1. The largest absolute Gasteiger partial charge is 0.496 e. The summed E-state index contributed by atoms with van der Waals surface area (Å²) in [5, 5.41) is 6.96. The van der Waals surface area contributed by atoms with Crippen molar-refractivity contribution in [1.82, 2.24) is 15.5 Å². The minimum atomic E-state index is 0. The molecule has 1 atom stereocenters. The zero-order valence-corrected chi connectivity index (χ0v) is 20.6. The molecule has 0 amide bonds. The van der Waals surface area contributed by atoms with Crippen molar-refractivity contribution < 1.29 is 4.74 Å². The summed E-state index contributed by atoms with van der Waals surface area (Å²) in [6.07, 6.45) is 3.52. The third-order valence-corrected chi connectivity index (χ3v) is 5.13. The summed E-state index contributed by atoms with van der Waals surface area (Å²) in [7, 11) is 3.57. The molecular formula is C22H39IN4O. The second kappa shape index (κ2) is 13.2. The van der Waals surface area contributed by atoms with Crippen LogP contribution in [0.4, 0.5) is 0 Å². The minimum absolute atomic E-state index is 0.